The molecule has 146 valence electrons. The van der Waals surface area contributed by atoms with Gasteiger partial charge in [-0.3, -0.25) is 0 Å². The minimum Gasteiger partial charge on any atom is -0.481 e. The SMILES string of the molecule is COc1ccc(CCC2C(c3ccc(S(N)(=O)=O)cc3)C2(C)C)c(OC)n1. The number of pyridine rings is 1. The molecule has 3 rings (SSSR count). The van der Waals surface area contributed by atoms with Crippen molar-refractivity contribution in [3.63, 3.8) is 0 Å². The molecule has 2 atom stereocenters. The lowest BCUT2D eigenvalue weighted by atomic mass is 10.0. The second-order valence-corrected chi connectivity index (χ2v) is 9.14. The molecule has 1 fully saturated rings. The maximum Gasteiger partial charge on any atom is 0.238 e. The van der Waals surface area contributed by atoms with Crippen molar-refractivity contribution in [2.75, 3.05) is 14.2 Å². The van der Waals surface area contributed by atoms with Crippen LogP contribution in [-0.2, 0) is 16.4 Å². The predicted molar refractivity (Wildman–Crippen MR) is 103 cm³/mol. The molecule has 0 radical (unpaired) electrons. The highest BCUT2D eigenvalue weighted by Gasteiger charge is 2.57. The molecule has 1 aliphatic rings. The van der Waals surface area contributed by atoms with E-state index in [1.165, 1.54) is 0 Å². The highest BCUT2D eigenvalue weighted by atomic mass is 32.2. The molecule has 2 aromatic rings. The zero-order valence-electron chi connectivity index (χ0n) is 16.1. The number of nitrogens with zero attached hydrogens (tertiary/aromatic N) is 1. The van der Waals surface area contributed by atoms with E-state index in [4.69, 9.17) is 14.6 Å². The molecule has 0 amide bonds. The van der Waals surface area contributed by atoms with Gasteiger partial charge in [0, 0.05) is 11.6 Å². The van der Waals surface area contributed by atoms with Gasteiger partial charge in [-0.05, 0) is 53.9 Å². The van der Waals surface area contributed by atoms with Crippen molar-refractivity contribution in [2.45, 2.75) is 37.5 Å². The number of aryl methyl sites for hydroxylation is 1. The maximum atomic E-state index is 11.4. The van der Waals surface area contributed by atoms with Crippen molar-refractivity contribution in [3.8, 4) is 11.8 Å². The summed E-state index contributed by atoms with van der Waals surface area (Å²) in [5.41, 5.74) is 2.37. The fraction of sp³-hybridized carbons (Fsp3) is 0.450. The van der Waals surface area contributed by atoms with Crippen LogP contribution in [0.15, 0.2) is 41.3 Å². The number of nitrogens with two attached hydrogens (primary N) is 1. The van der Waals surface area contributed by atoms with Gasteiger partial charge in [0.2, 0.25) is 21.8 Å². The summed E-state index contributed by atoms with van der Waals surface area (Å²) in [5, 5.41) is 5.18. The second kappa shape index (κ2) is 7.13. The van der Waals surface area contributed by atoms with Crippen molar-refractivity contribution in [3.05, 3.63) is 47.5 Å². The Morgan fingerprint density at radius 3 is 2.30 bits per heavy atom. The zero-order valence-corrected chi connectivity index (χ0v) is 16.9. The Kier molecular flexibility index (Phi) is 5.18. The lowest BCUT2D eigenvalue weighted by Crippen LogP contribution is -2.11. The van der Waals surface area contributed by atoms with Crippen molar-refractivity contribution in [1.29, 1.82) is 0 Å². The molecule has 1 aliphatic carbocycles. The Hall–Kier alpha value is -2.12. The Balaban J connectivity index is 1.72. The summed E-state index contributed by atoms with van der Waals surface area (Å²) in [4.78, 5) is 4.49. The Morgan fingerprint density at radius 2 is 1.74 bits per heavy atom. The van der Waals surface area contributed by atoms with Gasteiger partial charge in [0.15, 0.2) is 0 Å². The largest absolute Gasteiger partial charge is 0.481 e. The standard InChI is InChI=1S/C20H26N2O4S/c1-20(2)16(11-7-14-8-12-17(25-3)22-19(14)26-4)18(20)13-5-9-15(10-6-13)27(21,23)24/h5-6,8-10,12,16,18H,7,11H2,1-4H3,(H2,21,23,24). The van der Waals surface area contributed by atoms with Crippen LogP contribution in [-0.4, -0.2) is 27.6 Å². The van der Waals surface area contributed by atoms with Crippen LogP contribution in [0.3, 0.4) is 0 Å². The van der Waals surface area contributed by atoms with Gasteiger partial charge in [-0.1, -0.05) is 26.0 Å². The van der Waals surface area contributed by atoms with Crippen LogP contribution in [0.4, 0.5) is 0 Å². The van der Waals surface area contributed by atoms with Crippen LogP contribution < -0.4 is 14.6 Å². The molecule has 1 heterocycles. The summed E-state index contributed by atoms with van der Waals surface area (Å²) < 4.78 is 33.4. The summed E-state index contributed by atoms with van der Waals surface area (Å²) in [6.45, 7) is 4.50. The molecule has 7 heteroatoms. The molecule has 1 saturated carbocycles. The lowest BCUT2D eigenvalue weighted by molar-refractivity contribution is 0.360. The Bertz CT molecular complexity index is 923. The molecule has 1 aromatic carbocycles. The highest BCUT2D eigenvalue weighted by Crippen LogP contribution is 2.66. The number of ether oxygens (including phenoxy) is 2. The maximum absolute atomic E-state index is 11.4. The van der Waals surface area contributed by atoms with Gasteiger partial charge in [0.1, 0.15) is 0 Å². The van der Waals surface area contributed by atoms with Gasteiger partial charge in [0.25, 0.3) is 0 Å². The third-order valence-electron chi connectivity index (χ3n) is 5.66. The van der Waals surface area contributed by atoms with Crippen LogP contribution in [0.1, 0.15) is 37.3 Å². The van der Waals surface area contributed by atoms with Gasteiger partial charge in [-0.15, -0.1) is 0 Å². The third kappa shape index (κ3) is 3.94. The molecule has 27 heavy (non-hydrogen) atoms. The number of sulfonamides is 1. The van der Waals surface area contributed by atoms with Crippen molar-refractivity contribution in [2.24, 2.45) is 16.5 Å². The average molecular weight is 391 g/mol. The summed E-state index contributed by atoms with van der Waals surface area (Å²) in [6.07, 6.45) is 1.86. The van der Waals surface area contributed by atoms with Gasteiger partial charge in [-0.25, -0.2) is 13.6 Å². The first-order chi connectivity index (χ1) is 12.7. The highest BCUT2D eigenvalue weighted by molar-refractivity contribution is 7.89. The molecule has 0 spiro atoms. The molecule has 6 nitrogen and oxygen atoms in total. The topological polar surface area (TPSA) is 91.5 Å². The molecule has 2 N–H and O–H groups in total. The van der Waals surface area contributed by atoms with Crippen LogP contribution in [0.2, 0.25) is 0 Å². The zero-order chi connectivity index (χ0) is 19.8. The summed E-state index contributed by atoms with van der Waals surface area (Å²) in [7, 11) is -0.461. The quantitative estimate of drug-likeness (QED) is 0.784. The molecule has 2 unspecified atom stereocenters. The molecule has 1 aromatic heterocycles. The van der Waals surface area contributed by atoms with Gasteiger partial charge in [-0.2, -0.15) is 4.98 Å². The first kappa shape index (κ1) is 19.6. The number of hydrogen-bond acceptors (Lipinski definition) is 5. The van der Waals surface area contributed by atoms with E-state index in [1.807, 2.05) is 24.3 Å². The first-order valence-corrected chi connectivity index (χ1v) is 10.4. The number of benzene rings is 1. The van der Waals surface area contributed by atoms with E-state index in [0.717, 1.165) is 24.0 Å². The molecule has 0 aliphatic heterocycles. The Labute approximate surface area is 160 Å². The predicted octanol–water partition coefficient (Wildman–Crippen LogP) is 3.12. The lowest BCUT2D eigenvalue weighted by Gasteiger charge is -2.09. The smallest absolute Gasteiger partial charge is 0.238 e. The van der Waals surface area contributed by atoms with Gasteiger partial charge >= 0.3 is 0 Å². The summed E-state index contributed by atoms with van der Waals surface area (Å²) in [6, 6.07) is 10.8. The van der Waals surface area contributed by atoms with E-state index in [-0.39, 0.29) is 10.3 Å². The first-order valence-electron chi connectivity index (χ1n) is 8.89. The van der Waals surface area contributed by atoms with Crippen LogP contribution >= 0.6 is 0 Å². The van der Waals surface area contributed by atoms with E-state index in [1.54, 1.807) is 26.4 Å². The number of aromatic nitrogens is 1. The van der Waals surface area contributed by atoms with E-state index >= 15 is 0 Å². The van der Waals surface area contributed by atoms with Crippen LogP contribution in [0, 0.1) is 11.3 Å². The second-order valence-electron chi connectivity index (χ2n) is 7.58. The number of primary sulfonamides is 1. The normalized spacial score (nSPS) is 20.9. The van der Waals surface area contributed by atoms with E-state index in [2.05, 4.69) is 18.8 Å². The molecule has 0 bridgehead atoms. The Morgan fingerprint density at radius 1 is 1.07 bits per heavy atom. The summed E-state index contributed by atoms with van der Waals surface area (Å²) >= 11 is 0. The summed E-state index contributed by atoms with van der Waals surface area (Å²) in [5.74, 6) is 2.03. The van der Waals surface area contributed by atoms with E-state index in [0.29, 0.717) is 23.6 Å². The molecular weight excluding hydrogens is 364 g/mol. The monoisotopic (exact) mass is 390 g/mol. The number of methoxy groups -OCH3 is 2. The van der Waals surface area contributed by atoms with Crippen molar-refractivity contribution >= 4 is 10.0 Å². The number of hydrogen-bond donors (Lipinski definition) is 1. The van der Waals surface area contributed by atoms with Crippen molar-refractivity contribution < 1.29 is 17.9 Å². The van der Waals surface area contributed by atoms with Gasteiger partial charge in [0.05, 0.1) is 19.1 Å². The fourth-order valence-corrected chi connectivity index (χ4v) is 4.57. The third-order valence-corrected chi connectivity index (χ3v) is 6.59. The number of rotatable bonds is 7. The average Bonchev–Trinajstić information content (AvgIpc) is 3.19. The minimum absolute atomic E-state index is 0.148. The van der Waals surface area contributed by atoms with E-state index < -0.39 is 10.0 Å². The van der Waals surface area contributed by atoms with Crippen LogP contribution in [0.25, 0.3) is 0 Å². The molecule has 0 saturated heterocycles. The minimum atomic E-state index is -3.66. The van der Waals surface area contributed by atoms with Crippen LogP contribution in [0.5, 0.6) is 11.8 Å². The van der Waals surface area contributed by atoms with Gasteiger partial charge < -0.3 is 9.47 Å². The fourth-order valence-electron chi connectivity index (χ4n) is 4.05. The molecular formula is C20H26N2O4S. The van der Waals surface area contributed by atoms with E-state index in [9.17, 15) is 8.42 Å². The van der Waals surface area contributed by atoms with Crippen molar-refractivity contribution in [1.82, 2.24) is 4.98 Å².